The molecule has 1 aliphatic heterocycles. The molecule has 0 radical (unpaired) electrons. The van der Waals surface area contributed by atoms with Crippen LogP contribution in [0, 0.1) is 5.92 Å². The fourth-order valence-corrected chi connectivity index (χ4v) is 2.62. The van der Waals surface area contributed by atoms with E-state index in [1.807, 2.05) is 16.8 Å². The zero-order valence-electron chi connectivity index (χ0n) is 9.93. The van der Waals surface area contributed by atoms with Gasteiger partial charge in [-0.2, -0.15) is 11.3 Å². The molecule has 2 amide bonds. The number of carbonyl (C=O) groups excluding carboxylic acids is 2. The molecule has 1 aromatic rings. The molecule has 18 heavy (non-hydrogen) atoms. The molecule has 1 aliphatic rings. The second-order valence-corrected chi connectivity index (χ2v) is 4.67. The standard InChI is InChI=1S/C12H14N2O3S/c1-3-17-11(15)9-7(2)13-12(16)14-10(9)8-4-5-18-6-8/h4-6,9-10H,2-3H2,1H3,(H2,13,14,16). The topological polar surface area (TPSA) is 67.4 Å². The maximum atomic E-state index is 11.9. The van der Waals surface area contributed by atoms with Gasteiger partial charge in [0.15, 0.2) is 0 Å². The molecule has 96 valence electrons. The number of thiophene rings is 1. The Labute approximate surface area is 109 Å². The van der Waals surface area contributed by atoms with Crippen LogP contribution in [-0.4, -0.2) is 18.6 Å². The van der Waals surface area contributed by atoms with Crippen LogP contribution in [0.5, 0.6) is 0 Å². The third kappa shape index (κ3) is 2.38. The fraction of sp³-hybridized carbons (Fsp3) is 0.333. The highest BCUT2D eigenvalue weighted by Gasteiger charge is 2.38. The molecule has 5 nitrogen and oxygen atoms in total. The minimum absolute atomic E-state index is 0.299. The summed E-state index contributed by atoms with van der Waals surface area (Å²) in [5.41, 5.74) is 1.25. The second-order valence-electron chi connectivity index (χ2n) is 3.89. The molecule has 0 saturated carbocycles. The summed E-state index contributed by atoms with van der Waals surface area (Å²) in [5, 5.41) is 9.05. The van der Waals surface area contributed by atoms with Gasteiger partial charge >= 0.3 is 12.0 Å². The smallest absolute Gasteiger partial charge is 0.319 e. The van der Waals surface area contributed by atoms with Gasteiger partial charge in [-0.25, -0.2) is 4.79 Å². The molecule has 0 spiro atoms. The van der Waals surface area contributed by atoms with Gasteiger partial charge in [0.2, 0.25) is 0 Å². The zero-order chi connectivity index (χ0) is 13.1. The van der Waals surface area contributed by atoms with Crippen molar-refractivity contribution in [3.05, 3.63) is 34.7 Å². The van der Waals surface area contributed by atoms with E-state index in [2.05, 4.69) is 17.2 Å². The lowest BCUT2D eigenvalue weighted by atomic mass is 9.90. The normalized spacial score (nSPS) is 23.2. The summed E-state index contributed by atoms with van der Waals surface area (Å²) in [6, 6.07) is 1.11. The van der Waals surface area contributed by atoms with E-state index in [-0.39, 0.29) is 12.0 Å². The van der Waals surface area contributed by atoms with Crippen LogP contribution in [0.4, 0.5) is 4.79 Å². The number of esters is 1. The summed E-state index contributed by atoms with van der Waals surface area (Å²) in [4.78, 5) is 23.4. The average molecular weight is 266 g/mol. The largest absolute Gasteiger partial charge is 0.465 e. The Balaban J connectivity index is 2.29. The summed E-state index contributed by atoms with van der Waals surface area (Å²) in [5.74, 6) is -0.983. The summed E-state index contributed by atoms with van der Waals surface area (Å²) in [6.07, 6.45) is 0. The highest BCUT2D eigenvalue weighted by molar-refractivity contribution is 7.08. The van der Waals surface area contributed by atoms with Crippen LogP contribution in [0.2, 0.25) is 0 Å². The summed E-state index contributed by atoms with van der Waals surface area (Å²) >= 11 is 1.51. The molecule has 0 aromatic carbocycles. The zero-order valence-corrected chi connectivity index (χ0v) is 10.8. The van der Waals surface area contributed by atoms with E-state index in [0.717, 1.165) is 5.56 Å². The Morgan fingerprint density at radius 2 is 2.39 bits per heavy atom. The molecule has 1 saturated heterocycles. The van der Waals surface area contributed by atoms with Crippen molar-refractivity contribution in [1.82, 2.24) is 10.6 Å². The van der Waals surface area contributed by atoms with Crippen molar-refractivity contribution in [2.24, 2.45) is 5.92 Å². The SMILES string of the molecule is C=C1NC(=O)NC(c2ccsc2)C1C(=O)OCC. The van der Waals surface area contributed by atoms with Gasteiger partial charge in [-0.1, -0.05) is 6.58 Å². The minimum atomic E-state index is -0.600. The molecule has 0 bridgehead atoms. The summed E-state index contributed by atoms with van der Waals surface area (Å²) < 4.78 is 5.03. The van der Waals surface area contributed by atoms with Crippen LogP contribution in [0.3, 0.4) is 0 Å². The first-order valence-electron chi connectivity index (χ1n) is 5.58. The van der Waals surface area contributed by atoms with Gasteiger partial charge in [0, 0.05) is 5.70 Å². The molecule has 6 heteroatoms. The Hall–Kier alpha value is -1.82. The molecule has 0 aliphatic carbocycles. The lowest BCUT2D eigenvalue weighted by Crippen LogP contribution is -2.51. The van der Waals surface area contributed by atoms with Gasteiger partial charge in [0.1, 0.15) is 5.92 Å². The Morgan fingerprint density at radius 1 is 1.61 bits per heavy atom. The maximum Gasteiger partial charge on any atom is 0.319 e. The Bertz CT molecular complexity index is 470. The molecule has 2 atom stereocenters. The third-order valence-electron chi connectivity index (χ3n) is 2.71. The highest BCUT2D eigenvalue weighted by Crippen LogP contribution is 2.31. The number of urea groups is 1. The minimum Gasteiger partial charge on any atom is -0.465 e. The van der Waals surface area contributed by atoms with Crippen molar-refractivity contribution >= 4 is 23.3 Å². The van der Waals surface area contributed by atoms with E-state index in [1.54, 1.807) is 6.92 Å². The number of hydrogen-bond donors (Lipinski definition) is 2. The van der Waals surface area contributed by atoms with Gasteiger partial charge < -0.3 is 15.4 Å². The van der Waals surface area contributed by atoms with Gasteiger partial charge in [-0.15, -0.1) is 0 Å². The molecule has 1 fully saturated rings. The first-order valence-corrected chi connectivity index (χ1v) is 6.52. The van der Waals surface area contributed by atoms with Gasteiger partial charge in [0.25, 0.3) is 0 Å². The lowest BCUT2D eigenvalue weighted by Gasteiger charge is -2.32. The van der Waals surface area contributed by atoms with Crippen molar-refractivity contribution in [3.8, 4) is 0 Å². The van der Waals surface area contributed by atoms with Crippen molar-refractivity contribution in [3.63, 3.8) is 0 Å². The summed E-state index contributed by atoms with van der Waals surface area (Å²) in [7, 11) is 0. The van der Waals surface area contributed by atoms with Crippen LogP contribution in [0.15, 0.2) is 29.1 Å². The Kier molecular flexibility index (Phi) is 3.66. The second kappa shape index (κ2) is 5.22. The van der Waals surface area contributed by atoms with Crippen molar-refractivity contribution in [2.75, 3.05) is 6.61 Å². The molecule has 2 rings (SSSR count). The van der Waals surface area contributed by atoms with E-state index < -0.39 is 12.0 Å². The number of carbonyl (C=O) groups is 2. The van der Waals surface area contributed by atoms with Crippen molar-refractivity contribution in [2.45, 2.75) is 13.0 Å². The molecule has 2 unspecified atom stereocenters. The molecular formula is C12H14N2O3S. The van der Waals surface area contributed by atoms with E-state index in [0.29, 0.717) is 12.3 Å². The van der Waals surface area contributed by atoms with Gasteiger partial charge in [0.05, 0.1) is 12.6 Å². The van der Waals surface area contributed by atoms with Crippen molar-refractivity contribution in [1.29, 1.82) is 0 Å². The van der Waals surface area contributed by atoms with Gasteiger partial charge in [-0.05, 0) is 29.3 Å². The number of hydrogen-bond acceptors (Lipinski definition) is 4. The first-order chi connectivity index (χ1) is 8.63. The van der Waals surface area contributed by atoms with Gasteiger partial charge in [-0.3, -0.25) is 4.79 Å². The highest BCUT2D eigenvalue weighted by atomic mass is 32.1. The van der Waals surface area contributed by atoms with Crippen molar-refractivity contribution < 1.29 is 14.3 Å². The van der Waals surface area contributed by atoms with Crippen LogP contribution in [0.1, 0.15) is 18.5 Å². The summed E-state index contributed by atoms with van der Waals surface area (Å²) in [6.45, 7) is 5.78. The average Bonchev–Trinajstić information content (AvgIpc) is 2.81. The quantitative estimate of drug-likeness (QED) is 0.820. The molecular weight excluding hydrogens is 252 g/mol. The predicted octanol–water partition coefficient (Wildman–Crippen LogP) is 1.80. The van der Waals surface area contributed by atoms with E-state index in [1.165, 1.54) is 11.3 Å². The molecule has 2 N–H and O–H groups in total. The van der Waals surface area contributed by atoms with E-state index >= 15 is 0 Å². The number of rotatable bonds is 3. The molecule has 2 heterocycles. The monoisotopic (exact) mass is 266 g/mol. The fourth-order valence-electron chi connectivity index (χ4n) is 1.92. The maximum absolute atomic E-state index is 11.9. The first kappa shape index (κ1) is 12.6. The predicted molar refractivity (Wildman–Crippen MR) is 68.0 cm³/mol. The van der Waals surface area contributed by atoms with E-state index in [9.17, 15) is 9.59 Å². The van der Waals surface area contributed by atoms with Crippen LogP contribution < -0.4 is 10.6 Å². The van der Waals surface area contributed by atoms with Crippen LogP contribution in [-0.2, 0) is 9.53 Å². The number of amides is 2. The van der Waals surface area contributed by atoms with Crippen LogP contribution in [0.25, 0.3) is 0 Å². The number of ether oxygens (including phenoxy) is 1. The van der Waals surface area contributed by atoms with Crippen LogP contribution >= 0.6 is 11.3 Å². The lowest BCUT2D eigenvalue weighted by molar-refractivity contribution is -0.147. The molecule has 1 aromatic heterocycles. The number of nitrogens with one attached hydrogen (secondary N) is 2. The third-order valence-corrected chi connectivity index (χ3v) is 3.41. The Morgan fingerprint density at radius 3 is 3.00 bits per heavy atom. The van der Waals surface area contributed by atoms with E-state index in [4.69, 9.17) is 4.74 Å².